The summed E-state index contributed by atoms with van der Waals surface area (Å²) in [6, 6.07) is 0. The van der Waals surface area contributed by atoms with Crippen LogP contribution in [-0.4, -0.2) is 0 Å². The van der Waals surface area contributed by atoms with Crippen LogP contribution in [0.1, 0.15) is 0 Å². The van der Waals surface area contributed by atoms with Gasteiger partial charge in [0, 0.05) is 40.8 Å². The Kier molecular flexibility index (Phi) is 964. The minimum absolute atomic E-state index is 0. The van der Waals surface area contributed by atoms with E-state index in [0.29, 0.717) is 0 Å². The Morgan fingerprint density at radius 1 is 0.571 bits per heavy atom. The van der Waals surface area contributed by atoms with Crippen LogP contribution in [0.5, 0.6) is 0 Å². The zero-order valence-corrected chi connectivity index (χ0v) is 9.64. The van der Waals surface area contributed by atoms with E-state index in [0.717, 1.165) is 0 Å². The Hall–Kier alpha value is 2.77. The molecule has 7 heteroatoms. The van der Waals surface area contributed by atoms with E-state index in [1.54, 1.807) is 0 Å². The summed E-state index contributed by atoms with van der Waals surface area (Å²) in [4.78, 5) is 0. The molecule has 0 saturated carbocycles. The van der Waals surface area contributed by atoms with E-state index in [9.17, 15) is 0 Å². The Balaban J connectivity index is 0. The first-order valence-electron chi connectivity index (χ1n) is 0. The fourth-order valence-electron chi connectivity index (χ4n) is 0. The van der Waals surface area contributed by atoms with E-state index in [4.69, 9.17) is 0 Å². The fraction of sp³-hybridized carbons (Fsp3) is 0. The second kappa shape index (κ2) is 69.0. The summed E-state index contributed by atoms with van der Waals surface area (Å²) in [5.74, 6) is 0. The Morgan fingerprint density at radius 3 is 0.571 bits per heavy atom. The summed E-state index contributed by atoms with van der Waals surface area (Å²) in [5, 5.41) is 0. The molecule has 0 N–H and O–H groups in total. The van der Waals surface area contributed by atoms with Gasteiger partial charge in [-0.15, -0.1) is 0 Å². The molecule has 0 aromatic heterocycles. The predicted molar refractivity (Wildman–Crippen MR) is 0 cm³/mol. The summed E-state index contributed by atoms with van der Waals surface area (Å²) in [6.07, 6.45) is 0. The second-order valence-corrected chi connectivity index (χ2v) is 0. The van der Waals surface area contributed by atoms with Crippen LogP contribution in [0.2, 0.25) is 0 Å². The molecule has 0 aromatic rings. The summed E-state index contributed by atoms with van der Waals surface area (Å²) in [5.41, 5.74) is 0. The molecule has 7 heavy (non-hydrogen) atoms. The van der Waals surface area contributed by atoms with E-state index in [-0.39, 0.29) is 111 Å². The van der Waals surface area contributed by atoms with Gasteiger partial charge in [-0.05, 0) is 0 Å². The molecule has 0 bridgehead atoms. The Bertz CT molecular complexity index is 11.7. The van der Waals surface area contributed by atoms with Crippen molar-refractivity contribution < 1.29 is 111 Å². The summed E-state index contributed by atoms with van der Waals surface area (Å²) < 4.78 is 0. The van der Waals surface area contributed by atoms with Crippen molar-refractivity contribution in [3.63, 3.8) is 0 Å². The van der Waals surface area contributed by atoms with Gasteiger partial charge in [-0.2, -0.15) is 0 Å². The molecule has 0 nitrogen and oxygen atoms in total. The predicted octanol–water partition coefficient (Wildman–Crippen LogP) is -15.0. The van der Waals surface area contributed by atoms with Gasteiger partial charge in [-0.25, -0.2) is 0 Å². The van der Waals surface area contributed by atoms with Gasteiger partial charge in [0.05, 0.1) is 0 Å². The van der Waals surface area contributed by atoms with E-state index < -0.39 is 0 Å². The molecule has 0 amide bonds. The van der Waals surface area contributed by atoms with Crippen LogP contribution in [0, 0.1) is 40.8 Å². The average molecular weight is 316 g/mol. The maximum Gasteiger partial charge on any atom is 3.00 e. The topological polar surface area (TPSA) is 0 Å². The molecule has 0 spiro atoms. The van der Waals surface area contributed by atoms with Crippen LogP contribution in [0.25, 0.3) is 0 Å². The molecule has 0 aliphatic rings. The molecule has 0 aliphatic carbocycles. The third-order valence-corrected chi connectivity index (χ3v) is 0. The zero-order valence-electron chi connectivity index (χ0n) is 3.59. The van der Waals surface area contributed by atoms with Crippen molar-refractivity contribution in [1.82, 2.24) is 0 Å². The van der Waals surface area contributed by atoms with Gasteiger partial charge in [-0.1, -0.05) is 0 Å². The Morgan fingerprint density at radius 2 is 0.571 bits per heavy atom. The zero-order chi connectivity index (χ0) is 0. The molecule has 0 aliphatic heterocycles. The van der Waals surface area contributed by atoms with Crippen molar-refractivity contribution in [2.45, 2.75) is 0 Å². The van der Waals surface area contributed by atoms with E-state index in [2.05, 4.69) is 0 Å². The maximum atomic E-state index is 0. The van der Waals surface area contributed by atoms with Crippen LogP contribution in [0.15, 0.2) is 0 Å². The van der Waals surface area contributed by atoms with Crippen molar-refractivity contribution in [2.75, 3.05) is 0 Å². The molecule has 36 valence electrons. The molecular formula is F4LiNdY. The number of hydrogen-bond donors (Lipinski definition) is 0. The molecular weight excluding hydrogens is 316 g/mol. The van der Waals surface area contributed by atoms with Crippen molar-refractivity contribution in [3.05, 3.63) is 0 Å². The largest absolute Gasteiger partial charge is 3.00 e. The first kappa shape index (κ1) is 97.9. The summed E-state index contributed by atoms with van der Waals surface area (Å²) in [6.45, 7) is 0. The van der Waals surface area contributed by atoms with Crippen LogP contribution in [0.3, 0.4) is 0 Å². The number of hydrogen-bond acceptors (Lipinski definition) is 0. The Labute approximate surface area is 109 Å². The van der Waals surface area contributed by atoms with Gasteiger partial charge in [-0.3, -0.25) is 0 Å². The molecule has 0 aromatic carbocycles. The van der Waals surface area contributed by atoms with Crippen molar-refractivity contribution >= 4 is 0 Å². The fourth-order valence-corrected chi connectivity index (χ4v) is 0. The van der Waals surface area contributed by atoms with Gasteiger partial charge in [0.25, 0.3) is 0 Å². The van der Waals surface area contributed by atoms with Crippen LogP contribution >= 0.6 is 0 Å². The smallest absolute Gasteiger partial charge is 1.00 e. The standard InChI is InChI=1S/4FH.Li.Nd.Y/h4*1H;;;/q;;;;+1;;+3/p-4. The van der Waals surface area contributed by atoms with E-state index >= 15 is 0 Å². The average Bonchev–Trinajstić information content (AvgIpc) is 0. The molecule has 0 heterocycles. The molecule has 0 unspecified atom stereocenters. The second-order valence-electron chi connectivity index (χ2n) is 0. The minimum Gasteiger partial charge on any atom is -1.00 e. The summed E-state index contributed by atoms with van der Waals surface area (Å²) in [7, 11) is 0. The normalized spacial score (nSPS) is 0. The first-order chi connectivity index (χ1) is 0. The van der Waals surface area contributed by atoms with Crippen LogP contribution in [-0.2, 0) is 32.7 Å². The third kappa shape index (κ3) is 52.4. The van der Waals surface area contributed by atoms with Gasteiger partial charge in [0.2, 0.25) is 0 Å². The van der Waals surface area contributed by atoms with Gasteiger partial charge >= 0.3 is 51.6 Å². The first-order valence-corrected chi connectivity index (χ1v) is 0. The molecule has 0 rings (SSSR count). The van der Waals surface area contributed by atoms with E-state index in [1.807, 2.05) is 0 Å². The van der Waals surface area contributed by atoms with E-state index in [1.165, 1.54) is 0 Å². The number of halogens is 4. The molecule has 0 atom stereocenters. The minimum atomic E-state index is 0. The van der Waals surface area contributed by atoms with Crippen LogP contribution < -0.4 is 37.7 Å². The van der Waals surface area contributed by atoms with Gasteiger partial charge < -0.3 is 18.8 Å². The molecule has 0 saturated heterocycles. The van der Waals surface area contributed by atoms with Crippen LogP contribution in [0.4, 0.5) is 0 Å². The summed E-state index contributed by atoms with van der Waals surface area (Å²) >= 11 is 0. The number of rotatable bonds is 0. The van der Waals surface area contributed by atoms with Gasteiger partial charge in [0.1, 0.15) is 0 Å². The molecule has 0 radical (unpaired) electrons. The van der Waals surface area contributed by atoms with Gasteiger partial charge in [0.15, 0.2) is 0 Å². The molecule has 0 fully saturated rings. The van der Waals surface area contributed by atoms with Crippen molar-refractivity contribution in [2.24, 2.45) is 0 Å². The SMILES string of the molecule is [F-].[F-].[F-].[F-].[Li+].[Nd].[Y+3]. The van der Waals surface area contributed by atoms with Crippen molar-refractivity contribution in [3.8, 4) is 0 Å². The van der Waals surface area contributed by atoms with Crippen molar-refractivity contribution in [1.29, 1.82) is 0 Å². The quantitative estimate of drug-likeness (QED) is 0.308. The maximum absolute atomic E-state index is 0. The monoisotopic (exact) mass is 314 g/mol. The third-order valence-electron chi connectivity index (χ3n) is 0.